The van der Waals surface area contributed by atoms with Gasteiger partial charge < -0.3 is 4.74 Å². The van der Waals surface area contributed by atoms with Gasteiger partial charge in [0, 0.05) is 12.3 Å². The molecule has 0 fully saturated rings. The predicted molar refractivity (Wildman–Crippen MR) is 47.6 cm³/mol. The number of alkyl halides is 3. The van der Waals surface area contributed by atoms with E-state index in [1.54, 1.807) is 0 Å². The van der Waals surface area contributed by atoms with Gasteiger partial charge in [0.05, 0.1) is 7.11 Å². The van der Waals surface area contributed by atoms with E-state index in [4.69, 9.17) is 11.6 Å². The van der Waals surface area contributed by atoms with Crippen molar-refractivity contribution in [1.82, 2.24) is 9.97 Å². The molecule has 1 aromatic rings. The molecule has 1 aromatic heterocycles. The van der Waals surface area contributed by atoms with Gasteiger partial charge in [-0.2, -0.15) is 23.1 Å². The van der Waals surface area contributed by atoms with Gasteiger partial charge in [-0.15, -0.1) is 0 Å². The third-order valence-electron chi connectivity index (χ3n) is 1.26. The molecule has 0 bridgehead atoms. The SMILES string of the molecule is COc1ccnc(N=C(Cl)C(F)(F)F)n1. The second-order valence-corrected chi connectivity index (χ2v) is 2.66. The molecule has 0 saturated heterocycles. The number of hydrogen-bond acceptors (Lipinski definition) is 4. The molecule has 82 valence electrons. The van der Waals surface area contributed by atoms with Crippen LogP contribution in [0.4, 0.5) is 19.1 Å². The maximum absolute atomic E-state index is 12.0. The standard InChI is InChI=1S/C7H5ClF3N3O/c1-15-4-2-3-12-6(13-4)14-5(8)7(9,10)11/h2-3H,1H3. The van der Waals surface area contributed by atoms with Crippen LogP contribution in [-0.4, -0.2) is 28.4 Å². The number of halogens is 4. The lowest BCUT2D eigenvalue weighted by Crippen LogP contribution is -2.16. The quantitative estimate of drug-likeness (QED) is 0.744. The fourth-order valence-electron chi connectivity index (χ4n) is 0.651. The lowest BCUT2D eigenvalue weighted by molar-refractivity contribution is -0.0558. The lowest BCUT2D eigenvalue weighted by Gasteiger charge is -2.02. The Kier molecular flexibility index (Phi) is 3.46. The second kappa shape index (κ2) is 4.43. The fraction of sp³-hybridized carbons (Fsp3) is 0.286. The van der Waals surface area contributed by atoms with E-state index in [1.165, 1.54) is 19.4 Å². The third kappa shape index (κ3) is 3.35. The number of aliphatic imine (C=N–C) groups is 1. The molecule has 0 spiro atoms. The molecule has 0 unspecified atom stereocenters. The van der Waals surface area contributed by atoms with E-state index >= 15 is 0 Å². The van der Waals surface area contributed by atoms with Crippen LogP contribution in [0.3, 0.4) is 0 Å². The van der Waals surface area contributed by atoms with Crippen LogP contribution < -0.4 is 4.74 Å². The van der Waals surface area contributed by atoms with Crippen molar-refractivity contribution in [3.05, 3.63) is 12.3 Å². The molecule has 0 atom stereocenters. The Morgan fingerprint density at radius 2 is 2.20 bits per heavy atom. The number of aromatic nitrogens is 2. The first-order valence-electron chi connectivity index (χ1n) is 3.62. The van der Waals surface area contributed by atoms with Crippen LogP contribution in [-0.2, 0) is 0 Å². The van der Waals surface area contributed by atoms with E-state index in [0.717, 1.165) is 0 Å². The van der Waals surface area contributed by atoms with E-state index < -0.39 is 17.3 Å². The molecule has 4 nitrogen and oxygen atoms in total. The molecule has 0 N–H and O–H groups in total. The maximum Gasteiger partial charge on any atom is 0.444 e. The van der Waals surface area contributed by atoms with E-state index in [0.29, 0.717) is 0 Å². The van der Waals surface area contributed by atoms with Crippen molar-refractivity contribution in [2.45, 2.75) is 6.18 Å². The van der Waals surface area contributed by atoms with Gasteiger partial charge in [-0.1, -0.05) is 11.6 Å². The van der Waals surface area contributed by atoms with E-state index in [9.17, 15) is 13.2 Å². The summed E-state index contributed by atoms with van der Waals surface area (Å²) in [5.74, 6) is -0.299. The molecule has 0 amide bonds. The van der Waals surface area contributed by atoms with E-state index in [-0.39, 0.29) is 5.88 Å². The number of rotatable bonds is 2. The van der Waals surface area contributed by atoms with E-state index in [1.807, 2.05) is 0 Å². The number of methoxy groups -OCH3 is 1. The van der Waals surface area contributed by atoms with Crippen LogP contribution in [0.25, 0.3) is 0 Å². The Morgan fingerprint density at radius 1 is 1.53 bits per heavy atom. The molecule has 0 aliphatic rings. The Balaban J connectivity index is 2.98. The average molecular weight is 240 g/mol. The van der Waals surface area contributed by atoms with E-state index in [2.05, 4.69) is 19.7 Å². The zero-order chi connectivity index (χ0) is 11.5. The van der Waals surface area contributed by atoms with Crippen LogP contribution in [0.2, 0.25) is 0 Å². The minimum absolute atomic E-state index is 0.107. The first-order chi connectivity index (χ1) is 6.93. The van der Waals surface area contributed by atoms with Gasteiger partial charge in [0.25, 0.3) is 5.95 Å². The lowest BCUT2D eigenvalue weighted by atomic mass is 10.6. The summed E-state index contributed by atoms with van der Waals surface area (Å²) in [5, 5.41) is -1.53. The smallest absolute Gasteiger partial charge is 0.444 e. The molecule has 0 aliphatic carbocycles. The van der Waals surface area contributed by atoms with Gasteiger partial charge in [0.15, 0.2) is 0 Å². The summed E-state index contributed by atoms with van der Waals surface area (Å²) in [5.41, 5.74) is 0. The molecule has 8 heteroatoms. The first-order valence-corrected chi connectivity index (χ1v) is 3.99. The Labute approximate surface area is 87.8 Å². The monoisotopic (exact) mass is 239 g/mol. The van der Waals surface area contributed by atoms with Crippen molar-refractivity contribution in [2.75, 3.05) is 7.11 Å². The highest BCUT2D eigenvalue weighted by Crippen LogP contribution is 2.22. The van der Waals surface area contributed by atoms with Gasteiger partial charge in [-0.3, -0.25) is 0 Å². The summed E-state index contributed by atoms with van der Waals surface area (Å²) in [6.45, 7) is 0. The van der Waals surface area contributed by atoms with Crippen LogP contribution in [0.15, 0.2) is 17.3 Å². The van der Waals surface area contributed by atoms with Crippen molar-refractivity contribution in [3.63, 3.8) is 0 Å². The summed E-state index contributed by atoms with van der Waals surface area (Å²) < 4.78 is 40.6. The molecule has 0 radical (unpaired) electrons. The molecule has 0 aliphatic heterocycles. The van der Waals surface area contributed by atoms with Gasteiger partial charge in [-0.25, -0.2) is 4.98 Å². The normalized spacial score (nSPS) is 12.7. The zero-order valence-electron chi connectivity index (χ0n) is 7.42. The average Bonchev–Trinajstić information content (AvgIpc) is 2.16. The van der Waals surface area contributed by atoms with Crippen molar-refractivity contribution in [2.24, 2.45) is 4.99 Å². The highest BCUT2D eigenvalue weighted by molar-refractivity contribution is 6.67. The number of ether oxygens (including phenoxy) is 1. The van der Waals surface area contributed by atoms with Crippen molar-refractivity contribution < 1.29 is 17.9 Å². The third-order valence-corrected chi connectivity index (χ3v) is 1.56. The van der Waals surface area contributed by atoms with Gasteiger partial charge >= 0.3 is 6.18 Å². The largest absolute Gasteiger partial charge is 0.481 e. The highest BCUT2D eigenvalue weighted by atomic mass is 35.5. The maximum atomic E-state index is 12.0. The predicted octanol–water partition coefficient (Wildman–Crippen LogP) is 2.32. The van der Waals surface area contributed by atoms with Gasteiger partial charge in [-0.05, 0) is 0 Å². The zero-order valence-corrected chi connectivity index (χ0v) is 8.17. The fourth-order valence-corrected chi connectivity index (χ4v) is 0.727. The van der Waals surface area contributed by atoms with Crippen LogP contribution >= 0.6 is 11.6 Å². The summed E-state index contributed by atoms with van der Waals surface area (Å²) in [6.07, 6.45) is -3.49. The first kappa shape index (κ1) is 11.7. The molecular formula is C7H5ClF3N3O. The highest BCUT2D eigenvalue weighted by Gasteiger charge is 2.34. The number of hydrogen-bond donors (Lipinski definition) is 0. The summed E-state index contributed by atoms with van der Waals surface area (Å²) in [7, 11) is 1.32. The molecule has 1 heterocycles. The molecule has 1 rings (SSSR count). The summed E-state index contributed by atoms with van der Waals surface area (Å²) >= 11 is 4.89. The van der Waals surface area contributed by atoms with Crippen LogP contribution in [0, 0.1) is 0 Å². The Hall–Kier alpha value is -1.37. The van der Waals surface area contributed by atoms with Crippen molar-refractivity contribution in [3.8, 4) is 5.88 Å². The second-order valence-electron chi connectivity index (χ2n) is 2.30. The molecule has 15 heavy (non-hydrogen) atoms. The Bertz CT molecular complexity index is 380. The minimum Gasteiger partial charge on any atom is -0.481 e. The molecule has 0 saturated carbocycles. The van der Waals surface area contributed by atoms with Gasteiger partial charge in [0.1, 0.15) is 0 Å². The molecular weight excluding hydrogens is 235 g/mol. The van der Waals surface area contributed by atoms with Crippen molar-refractivity contribution >= 4 is 22.7 Å². The summed E-state index contributed by atoms with van der Waals surface area (Å²) in [4.78, 5) is 10.0. The van der Waals surface area contributed by atoms with Gasteiger partial charge in [0.2, 0.25) is 11.1 Å². The number of nitrogens with zero attached hydrogens (tertiary/aromatic N) is 3. The topological polar surface area (TPSA) is 47.4 Å². The minimum atomic E-state index is -4.70. The van der Waals surface area contributed by atoms with Crippen molar-refractivity contribution in [1.29, 1.82) is 0 Å². The van der Waals surface area contributed by atoms with Crippen LogP contribution in [0.5, 0.6) is 5.88 Å². The summed E-state index contributed by atoms with van der Waals surface area (Å²) in [6, 6.07) is 1.38. The van der Waals surface area contributed by atoms with Crippen LogP contribution in [0.1, 0.15) is 0 Å². The molecule has 0 aromatic carbocycles. The Morgan fingerprint density at radius 3 is 2.73 bits per heavy atom.